The van der Waals surface area contributed by atoms with Crippen molar-refractivity contribution in [3.05, 3.63) is 33.3 Å². The summed E-state index contributed by atoms with van der Waals surface area (Å²) in [6.45, 7) is 22.5. The second kappa shape index (κ2) is 31.0. The van der Waals surface area contributed by atoms with Gasteiger partial charge in [-0.15, -0.1) is 0 Å². The van der Waals surface area contributed by atoms with E-state index in [1.165, 1.54) is 0 Å². The van der Waals surface area contributed by atoms with Crippen LogP contribution in [-0.4, -0.2) is 23.2 Å². The zero-order valence-electron chi connectivity index (χ0n) is 9.22. The average molecular weight is 360 g/mol. The summed E-state index contributed by atoms with van der Waals surface area (Å²) in [5, 5.41) is 5.53. The van der Waals surface area contributed by atoms with Crippen LogP contribution in [0.1, 0.15) is 0 Å². The van der Waals surface area contributed by atoms with Gasteiger partial charge in [0.1, 0.15) is 0 Å². The Morgan fingerprint density at radius 1 is 0.714 bits per heavy atom. The molecule has 117 valence electrons. The maximum atomic E-state index is 11.4. The molecule has 0 rings (SSSR count). The van der Waals surface area contributed by atoms with Crippen molar-refractivity contribution >= 4 is 5.97 Å². The van der Waals surface area contributed by atoms with Crippen LogP contribution < -0.4 is 0 Å². The molecule has 0 unspecified atom stereocenters. The van der Waals surface area contributed by atoms with Gasteiger partial charge in [-0.3, -0.25) is 0 Å². The average Bonchev–Trinajstić information content (AvgIpc) is 2.48. The van der Waals surface area contributed by atoms with Gasteiger partial charge in [-0.05, 0) is 0 Å². The van der Waals surface area contributed by atoms with Gasteiger partial charge in [0.2, 0.25) is 0 Å². The van der Waals surface area contributed by atoms with Gasteiger partial charge in [-0.25, -0.2) is 0 Å². The van der Waals surface area contributed by atoms with Gasteiger partial charge in [-0.1, -0.05) is 0 Å². The number of carbonyl (C=O) groups excluding carboxylic acids is 1. The molecule has 0 saturated heterocycles. The second-order valence-corrected chi connectivity index (χ2v) is 1.40. The van der Waals surface area contributed by atoms with E-state index < -0.39 is 18.1 Å². The minimum Gasteiger partial charge on any atom is 0 e. The summed E-state index contributed by atoms with van der Waals surface area (Å²) in [7, 11) is 0. The summed E-state index contributed by atoms with van der Waals surface area (Å²) >= 11 is 0. The summed E-state index contributed by atoms with van der Waals surface area (Å²) in [5.41, 5.74) is 0. The first-order chi connectivity index (χ1) is 9.19. The van der Waals surface area contributed by atoms with Crippen LogP contribution in [-0.2, 0) is 45.1 Å². The Hall–Kier alpha value is -1.66. The first-order valence-corrected chi connectivity index (χ1v) is 2.92. The fourth-order valence-corrected chi connectivity index (χ4v) is 0.129. The maximum absolute atomic E-state index is 11.4. The summed E-state index contributed by atoms with van der Waals surface area (Å²) in [5.74, 6) is -8.48. The van der Waals surface area contributed by atoms with Crippen molar-refractivity contribution in [1.82, 2.24) is 0 Å². The van der Waals surface area contributed by atoms with Gasteiger partial charge in [-0.2, -0.15) is 22.0 Å². The van der Waals surface area contributed by atoms with E-state index in [1.807, 2.05) is 0 Å². The minimum atomic E-state index is -5.95. The van der Waals surface area contributed by atoms with E-state index in [0.29, 0.717) is 0 Å². The summed E-state index contributed by atoms with van der Waals surface area (Å²) < 4.78 is 93.3. The minimum absolute atomic E-state index is 0. The zero-order valence-corrected chi connectivity index (χ0v) is 10.4. The molecule has 2 N–H and O–H groups in total. The normalized spacial score (nSPS) is 6.81. The first kappa shape index (κ1) is 42.7. The van der Waals surface area contributed by atoms with Crippen molar-refractivity contribution in [1.29, 1.82) is 0 Å². The maximum Gasteiger partial charge on any atom is 0 e. The standard InChI is InChI=1S/C3HF5O2.5CO.Mn/c4-2(5,1(9)10)3(6,7)8;5*1-2;/h(H,9,10);;;;;;/p+1. The van der Waals surface area contributed by atoms with Crippen molar-refractivity contribution < 1.29 is 72.2 Å². The van der Waals surface area contributed by atoms with Gasteiger partial charge < -0.3 is 5.11 Å². The molecule has 0 aliphatic carbocycles. The van der Waals surface area contributed by atoms with Crippen LogP contribution in [0.15, 0.2) is 0 Å². The van der Waals surface area contributed by atoms with Gasteiger partial charge in [0.05, 0.1) is 0 Å². The van der Waals surface area contributed by atoms with Gasteiger partial charge >= 0.3 is 74.6 Å². The van der Waals surface area contributed by atoms with E-state index >= 15 is 0 Å². The fourth-order valence-electron chi connectivity index (χ4n) is 0.129. The van der Waals surface area contributed by atoms with Crippen LogP contribution in [0.5, 0.6) is 0 Å². The number of hydrogen-bond donors (Lipinski definition) is 0. The smallest absolute Gasteiger partial charge is 0 e. The quantitative estimate of drug-likeness (QED) is 0.281. The van der Waals surface area contributed by atoms with Gasteiger partial charge in [0.25, 0.3) is 0 Å². The van der Waals surface area contributed by atoms with Crippen LogP contribution in [0.2, 0.25) is 0 Å². The van der Waals surface area contributed by atoms with E-state index in [9.17, 15) is 26.7 Å². The molecule has 0 aliphatic rings. The van der Waals surface area contributed by atoms with E-state index in [2.05, 4.69) is 33.3 Å². The third-order valence-electron chi connectivity index (χ3n) is 0.641. The predicted octanol–water partition coefficient (Wildman–Crippen LogP) is 0.245. The Kier molecular flexibility index (Phi) is 63.0. The Morgan fingerprint density at radius 2 is 0.857 bits per heavy atom. The molecule has 1 radical (unpaired) electrons. The molecule has 0 amide bonds. The fraction of sp³-hybridized carbons (Fsp3) is 0.250. The summed E-state index contributed by atoms with van der Waals surface area (Å²) in [6, 6.07) is 0. The second-order valence-electron chi connectivity index (χ2n) is 1.40. The van der Waals surface area contributed by atoms with Crippen molar-refractivity contribution in [3.8, 4) is 0 Å². The van der Waals surface area contributed by atoms with Crippen LogP contribution in [0.3, 0.4) is 0 Å². The van der Waals surface area contributed by atoms with Crippen molar-refractivity contribution in [2.45, 2.75) is 12.1 Å². The van der Waals surface area contributed by atoms with Crippen molar-refractivity contribution in [3.63, 3.8) is 0 Å². The molecule has 0 fully saturated rings. The Morgan fingerprint density at radius 3 is 0.857 bits per heavy atom. The molecule has 0 heterocycles. The Bertz CT molecular complexity index is 294. The first-order valence-electron chi connectivity index (χ1n) is 2.92. The molecule has 0 aromatic carbocycles. The van der Waals surface area contributed by atoms with Crippen molar-refractivity contribution in [2.24, 2.45) is 0 Å². The molecule has 0 aromatic heterocycles. The van der Waals surface area contributed by atoms with Crippen LogP contribution >= 0.6 is 0 Å². The molecule has 0 aromatic rings. The van der Waals surface area contributed by atoms with E-state index in [4.69, 9.17) is 28.4 Å². The van der Waals surface area contributed by atoms with E-state index in [-0.39, 0.29) is 17.1 Å². The number of alkyl halides is 5. The summed E-state index contributed by atoms with van der Waals surface area (Å²) in [4.78, 5) is 9.31. The molecule has 21 heavy (non-hydrogen) atoms. The number of hydrogen-bond acceptors (Lipinski definition) is 1. The number of carbonyl (C=O) groups is 1. The molecule has 0 saturated carbocycles. The van der Waals surface area contributed by atoms with E-state index in [1.54, 1.807) is 0 Å². The summed E-state index contributed by atoms with van der Waals surface area (Å²) in [6.07, 6.45) is -5.95. The monoisotopic (exact) mass is 360 g/mol. The Balaban J connectivity index is -0.0000000303. The van der Waals surface area contributed by atoms with Gasteiger partial charge in [0, 0.05) is 21.9 Å². The van der Waals surface area contributed by atoms with E-state index in [0.717, 1.165) is 0 Å². The third kappa shape index (κ3) is 27.5. The van der Waals surface area contributed by atoms with Crippen LogP contribution in [0.4, 0.5) is 22.0 Å². The molecular formula is C8H2F5MnO7+. The molecular weight excluding hydrogens is 358 g/mol. The van der Waals surface area contributed by atoms with Gasteiger partial charge in [0.15, 0.2) is 0 Å². The Labute approximate surface area is 124 Å². The molecule has 0 bridgehead atoms. The molecule has 0 aliphatic heterocycles. The molecule has 0 spiro atoms. The largest absolute Gasteiger partial charge is 0 e. The topological polar surface area (TPSA) is 139 Å². The molecule has 7 nitrogen and oxygen atoms in total. The van der Waals surface area contributed by atoms with Crippen LogP contribution in [0.25, 0.3) is 0 Å². The van der Waals surface area contributed by atoms with Crippen LogP contribution in [0, 0.1) is 33.3 Å². The number of rotatable bonds is 1. The SMILES string of the molecule is O=C([OH2+])C(F)(F)C(F)(F)F.[C-]#[O+].[C-]#[O+].[C-]#[O+].[C-]#[O+].[C-]#[O+].[Mn]. The number of halogens is 5. The predicted molar refractivity (Wildman–Crippen MR) is 39.3 cm³/mol. The molecule has 13 heteroatoms. The zero-order chi connectivity index (χ0) is 18.6. The van der Waals surface area contributed by atoms with Crippen molar-refractivity contribution in [2.75, 3.05) is 0 Å². The third-order valence-corrected chi connectivity index (χ3v) is 0.641. The molecule has 0 atom stereocenters.